The molecule has 2 N–H and O–H groups in total. The summed E-state index contributed by atoms with van der Waals surface area (Å²) in [7, 11) is 0. The lowest BCUT2D eigenvalue weighted by Gasteiger charge is -2.24. The summed E-state index contributed by atoms with van der Waals surface area (Å²) in [6, 6.07) is 8.81. The second-order valence-electron chi connectivity index (χ2n) is 4.69. The van der Waals surface area contributed by atoms with Crippen molar-refractivity contribution in [2.24, 2.45) is 0 Å². The molecule has 1 atom stereocenters. The summed E-state index contributed by atoms with van der Waals surface area (Å²) in [5, 5.41) is 8.23. The first-order valence-corrected chi connectivity index (χ1v) is 6.25. The molecule has 1 saturated heterocycles. The summed E-state index contributed by atoms with van der Waals surface area (Å²) < 4.78 is 5.79. The molecule has 0 amide bonds. The number of nitrogens with one attached hydrogen (secondary N) is 2. The second kappa shape index (κ2) is 4.51. The maximum atomic E-state index is 5.79. The van der Waals surface area contributed by atoms with Crippen molar-refractivity contribution in [3.8, 4) is 0 Å². The predicted octanol–water partition coefficient (Wildman–Crippen LogP) is 1.85. The summed E-state index contributed by atoms with van der Waals surface area (Å²) in [6.45, 7) is 5.23. The summed E-state index contributed by atoms with van der Waals surface area (Å²) in [5.41, 5.74) is 2.35. The van der Waals surface area contributed by atoms with Crippen LogP contribution in [0.15, 0.2) is 28.7 Å². The first-order valence-electron chi connectivity index (χ1n) is 6.25. The smallest absolute Gasteiger partial charge is 0.134 e. The topological polar surface area (TPSA) is 37.2 Å². The van der Waals surface area contributed by atoms with Crippen LogP contribution in [0, 0.1) is 6.92 Å². The third-order valence-electron chi connectivity index (χ3n) is 3.48. The summed E-state index contributed by atoms with van der Waals surface area (Å²) in [5.74, 6) is 1.05. The highest BCUT2D eigenvalue weighted by Gasteiger charge is 2.17. The third kappa shape index (κ3) is 2.08. The van der Waals surface area contributed by atoms with Gasteiger partial charge in [-0.05, 0) is 19.4 Å². The van der Waals surface area contributed by atoms with Crippen LogP contribution in [0.4, 0.5) is 0 Å². The Morgan fingerprint density at radius 2 is 2.18 bits per heavy atom. The van der Waals surface area contributed by atoms with E-state index in [0.717, 1.165) is 37.4 Å². The highest BCUT2D eigenvalue weighted by Crippen LogP contribution is 2.26. The van der Waals surface area contributed by atoms with Gasteiger partial charge in [0, 0.05) is 36.6 Å². The number of benzene rings is 1. The molecule has 2 aromatic rings. The third-order valence-corrected chi connectivity index (χ3v) is 3.48. The van der Waals surface area contributed by atoms with Crippen LogP contribution in [0.1, 0.15) is 11.3 Å². The van der Waals surface area contributed by atoms with Crippen molar-refractivity contribution < 1.29 is 4.42 Å². The van der Waals surface area contributed by atoms with Gasteiger partial charge in [-0.3, -0.25) is 0 Å². The van der Waals surface area contributed by atoms with Crippen molar-refractivity contribution in [1.82, 2.24) is 10.6 Å². The van der Waals surface area contributed by atoms with Crippen molar-refractivity contribution in [1.29, 1.82) is 0 Å². The summed E-state index contributed by atoms with van der Waals surface area (Å²) in [6.07, 6.45) is 1.04. The number of fused-ring (bicyclic) bond motifs is 1. The van der Waals surface area contributed by atoms with E-state index in [-0.39, 0.29) is 0 Å². The molecule has 0 bridgehead atoms. The number of aryl methyl sites for hydroxylation is 1. The molecule has 1 aliphatic heterocycles. The molecule has 1 fully saturated rings. The Balaban J connectivity index is 1.90. The molecule has 0 saturated carbocycles. The van der Waals surface area contributed by atoms with E-state index in [1.165, 1.54) is 10.9 Å². The van der Waals surface area contributed by atoms with Gasteiger partial charge in [0.15, 0.2) is 0 Å². The first-order chi connectivity index (χ1) is 8.34. The van der Waals surface area contributed by atoms with Crippen molar-refractivity contribution in [3.05, 3.63) is 35.6 Å². The van der Waals surface area contributed by atoms with Crippen molar-refractivity contribution >= 4 is 11.0 Å². The van der Waals surface area contributed by atoms with Gasteiger partial charge >= 0.3 is 0 Å². The zero-order valence-electron chi connectivity index (χ0n) is 10.1. The van der Waals surface area contributed by atoms with Crippen LogP contribution in [-0.2, 0) is 6.42 Å². The fourth-order valence-corrected chi connectivity index (χ4v) is 2.58. The lowest BCUT2D eigenvalue weighted by atomic mass is 10.0. The average Bonchev–Trinajstić information content (AvgIpc) is 2.68. The van der Waals surface area contributed by atoms with Gasteiger partial charge in [0.2, 0.25) is 0 Å². The number of rotatable bonds is 2. The largest absolute Gasteiger partial charge is 0.461 e. The number of furan rings is 1. The van der Waals surface area contributed by atoms with E-state index in [1.54, 1.807) is 0 Å². The SMILES string of the molecule is Cc1oc2ccccc2c1CC1CNCCN1. The highest BCUT2D eigenvalue weighted by molar-refractivity contribution is 5.82. The van der Waals surface area contributed by atoms with E-state index in [4.69, 9.17) is 4.42 Å². The predicted molar refractivity (Wildman–Crippen MR) is 69.3 cm³/mol. The Morgan fingerprint density at radius 3 is 3.00 bits per heavy atom. The number of hydrogen-bond acceptors (Lipinski definition) is 3. The van der Waals surface area contributed by atoms with Gasteiger partial charge in [0.05, 0.1) is 0 Å². The molecule has 0 radical (unpaired) electrons. The molecule has 3 rings (SSSR count). The van der Waals surface area contributed by atoms with Crippen LogP contribution >= 0.6 is 0 Å². The first kappa shape index (κ1) is 10.8. The molecule has 17 heavy (non-hydrogen) atoms. The zero-order valence-corrected chi connectivity index (χ0v) is 10.1. The Kier molecular flexibility index (Phi) is 2.87. The molecule has 3 nitrogen and oxygen atoms in total. The quantitative estimate of drug-likeness (QED) is 0.826. The molecule has 2 heterocycles. The Hall–Kier alpha value is -1.32. The lowest BCUT2D eigenvalue weighted by Crippen LogP contribution is -2.49. The minimum Gasteiger partial charge on any atom is -0.461 e. The van der Waals surface area contributed by atoms with Gasteiger partial charge in [0.1, 0.15) is 11.3 Å². The summed E-state index contributed by atoms with van der Waals surface area (Å²) in [4.78, 5) is 0. The maximum absolute atomic E-state index is 5.79. The van der Waals surface area contributed by atoms with Crippen LogP contribution < -0.4 is 10.6 Å². The summed E-state index contributed by atoms with van der Waals surface area (Å²) >= 11 is 0. The van der Waals surface area contributed by atoms with Gasteiger partial charge in [-0.25, -0.2) is 0 Å². The maximum Gasteiger partial charge on any atom is 0.134 e. The Bertz CT molecular complexity index is 512. The average molecular weight is 230 g/mol. The fourth-order valence-electron chi connectivity index (χ4n) is 2.58. The van der Waals surface area contributed by atoms with Crippen molar-refractivity contribution in [3.63, 3.8) is 0 Å². The van der Waals surface area contributed by atoms with Gasteiger partial charge in [-0.2, -0.15) is 0 Å². The van der Waals surface area contributed by atoms with E-state index in [9.17, 15) is 0 Å². The Morgan fingerprint density at radius 1 is 1.29 bits per heavy atom. The van der Waals surface area contributed by atoms with Crippen LogP contribution in [-0.4, -0.2) is 25.7 Å². The second-order valence-corrected chi connectivity index (χ2v) is 4.69. The van der Waals surface area contributed by atoms with Crippen LogP contribution in [0.2, 0.25) is 0 Å². The van der Waals surface area contributed by atoms with Crippen molar-refractivity contribution in [2.75, 3.05) is 19.6 Å². The molecule has 0 spiro atoms. The normalized spacial score (nSPS) is 20.9. The molecule has 1 aromatic carbocycles. The minimum absolute atomic E-state index is 0.517. The highest BCUT2D eigenvalue weighted by atomic mass is 16.3. The minimum atomic E-state index is 0.517. The fraction of sp³-hybridized carbons (Fsp3) is 0.429. The van der Waals surface area contributed by atoms with E-state index < -0.39 is 0 Å². The molecule has 1 aromatic heterocycles. The molecule has 0 aliphatic carbocycles. The van der Waals surface area contributed by atoms with E-state index >= 15 is 0 Å². The number of para-hydroxylation sites is 1. The molecule has 1 unspecified atom stereocenters. The van der Waals surface area contributed by atoms with Crippen LogP contribution in [0.3, 0.4) is 0 Å². The molecule has 3 heteroatoms. The Labute approximate surface area is 101 Å². The molecular weight excluding hydrogens is 212 g/mol. The molecule has 1 aliphatic rings. The van der Waals surface area contributed by atoms with Crippen LogP contribution in [0.25, 0.3) is 11.0 Å². The van der Waals surface area contributed by atoms with Gasteiger partial charge in [-0.15, -0.1) is 0 Å². The number of hydrogen-bond donors (Lipinski definition) is 2. The van der Waals surface area contributed by atoms with Gasteiger partial charge < -0.3 is 15.1 Å². The van der Waals surface area contributed by atoms with Crippen molar-refractivity contribution in [2.45, 2.75) is 19.4 Å². The standard InChI is InChI=1S/C14H18N2O/c1-10-13(8-11-9-15-6-7-16-11)12-4-2-3-5-14(12)17-10/h2-5,11,15-16H,6-9H2,1H3. The van der Waals surface area contributed by atoms with E-state index in [2.05, 4.69) is 29.7 Å². The number of piperazine rings is 1. The van der Waals surface area contributed by atoms with Crippen LogP contribution in [0.5, 0.6) is 0 Å². The molecule has 90 valence electrons. The van der Waals surface area contributed by atoms with Gasteiger partial charge in [0.25, 0.3) is 0 Å². The van der Waals surface area contributed by atoms with E-state index in [1.807, 2.05) is 12.1 Å². The molecular formula is C14H18N2O. The van der Waals surface area contributed by atoms with Gasteiger partial charge in [-0.1, -0.05) is 18.2 Å². The van der Waals surface area contributed by atoms with E-state index in [0.29, 0.717) is 6.04 Å². The zero-order chi connectivity index (χ0) is 11.7. The lowest BCUT2D eigenvalue weighted by molar-refractivity contribution is 0.415. The monoisotopic (exact) mass is 230 g/mol.